The van der Waals surface area contributed by atoms with E-state index in [9.17, 15) is 4.79 Å². The highest BCUT2D eigenvalue weighted by Crippen LogP contribution is 2.17. The first-order valence-electron chi connectivity index (χ1n) is 5.76. The van der Waals surface area contributed by atoms with Crippen molar-refractivity contribution in [2.24, 2.45) is 0 Å². The number of carbonyl (C=O) groups is 1. The standard InChI is InChI=1S/C16H12O2S/c17-16(18)14-8-10-15(11-9-14)19-12-4-7-13-5-2-1-3-6-13/h1-3,5-6,8-11H,12H2,(H,17,18). The Balaban J connectivity index is 1.89. The van der Waals surface area contributed by atoms with Crippen molar-refractivity contribution >= 4 is 17.7 Å². The summed E-state index contributed by atoms with van der Waals surface area (Å²) in [6.07, 6.45) is 0. The smallest absolute Gasteiger partial charge is 0.335 e. The molecule has 0 aliphatic heterocycles. The van der Waals surface area contributed by atoms with Crippen LogP contribution >= 0.6 is 11.8 Å². The van der Waals surface area contributed by atoms with Crippen molar-refractivity contribution in [2.75, 3.05) is 5.75 Å². The molecule has 0 aliphatic rings. The molecular weight excluding hydrogens is 256 g/mol. The van der Waals surface area contributed by atoms with E-state index in [4.69, 9.17) is 5.11 Å². The van der Waals surface area contributed by atoms with Crippen molar-refractivity contribution in [1.82, 2.24) is 0 Å². The zero-order chi connectivity index (χ0) is 13.5. The first-order chi connectivity index (χ1) is 9.25. The molecule has 0 radical (unpaired) electrons. The van der Waals surface area contributed by atoms with Crippen LogP contribution in [0.2, 0.25) is 0 Å². The van der Waals surface area contributed by atoms with E-state index in [1.165, 1.54) is 0 Å². The summed E-state index contributed by atoms with van der Waals surface area (Å²) < 4.78 is 0. The third kappa shape index (κ3) is 4.20. The van der Waals surface area contributed by atoms with Gasteiger partial charge in [-0.05, 0) is 36.4 Å². The lowest BCUT2D eigenvalue weighted by molar-refractivity contribution is 0.0697. The summed E-state index contributed by atoms with van der Waals surface area (Å²) in [7, 11) is 0. The minimum atomic E-state index is -0.902. The highest BCUT2D eigenvalue weighted by Gasteiger charge is 2.01. The highest BCUT2D eigenvalue weighted by molar-refractivity contribution is 7.99. The van der Waals surface area contributed by atoms with Gasteiger partial charge >= 0.3 is 5.97 Å². The Morgan fingerprint density at radius 2 is 1.74 bits per heavy atom. The van der Waals surface area contributed by atoms with E-state index in [-0.39, 0.29) is 0 Å². The van der Waals surface area contributed by atoms with E-state index in [0.717, 1.165) is 10.5 Å². The molecule has 0 bridgehead atoms. The summed E-state index contributed by atoms with van der Waals surface area (Å²) in [4.78, 5) is 11.7. The molecule has 2 rings (SSSR count). The zero-order valence-electron chi connectivity index (χ0n) is 10.2. The van der Waals surface area contributed by atoms with Crippen LogP contribution in [0.1, 0.15) is 15.9 Å². The van der Waals surface area contributed by atoms with E-state index in [2.05, 4.69) is 11.8 Å². The van der Waals surface area contributed by atoms with E-state index >= 15 is 0 Å². The van der Waals surface area contributed by atoms with Crippen molar-refractivity contribution in [3.05, 3.63) is 65.7 Å². The first-order valence-corrected chi connectivity index (χ1v) is 6.74. The molecule has 0 saturated heterocycles. The molecule has 0 saturated carbocycles. The maximum Gasteiger partial charge on any atom is 0.335 e. The predicted octanol–water partition coefficient (Wildman–Crippen LogP) is 3.53. The van der Waals surface area contributed by atoms with Gasteiger partial charge in [0.05, 0.1) is 11.3 Å². The third-order valence-electron chi connectivity index (χ3n) is 2.42. The van der Waals surface area contributed by atoms with Gasteiger partial charge in [-0.25, -0.2) is 4.79 Å². The second-order valence-electron chi connectivity index (χ2n) is 3.79. The Bertz CT molecular complexity index is 607. The fraction of sp³-hybridized carbons (Fsp3) is 0.0625. The summed E-state index contributed by atoms with van der Waals surface area (Å²) in [5.74, 6) is 5.94. The van der Waals surface area contributed by atoms with Gasteiger partial charge in [0, 0.05) is 10.5 Å². The molecule has 94 valence electrons. The number of carboxylic acid groups (broad SMARTS) is 1. The van der Waals surface area contributed by atoms with Gasteiger partial charge in [0.2, 0.25) is 0 Å². The number of benzene rings is 2. The number of carboxylic acids is 1. The molecule has 0 unspecified atom stereocenters. The van der Waals surface area contributed by atoms with Gasteiger partial charge in [-0.2, -0.15) is 0 Å². The first kappa shape index (κ1) is 13.3. The van der Waals surface area contributed by atoms with Crippen LogP contribution in [0.5, 0.6) is 0 Å². The lowest BCUT2D eigenvalue weighted by Gasteiger charge is -1.98. The molecule has 0 amide bonds. The number of thioether (sulfide) groups is 1. The summed E-state index contributed by atoms with van der Waals surface area (Å²) in [6.45, 7) is 0. The second kappa shape index (κ2) is 6.67. The van der Waals surface area contributed by atoms with Gasteiger partial charge in [-0.15, -0.1) is 11.8 Å². The van der Waals surface area contributed by atoms with Crippen molar-refractivity contribution in [2.45, 2.75) is 4.90 Å². The maximum absolute atomic E-state index is 10.7. The molecule has 1 N–H and O–H groups in total. The van der Waals surface area contributed by atoms with Crippen LogP contribution in [-0.4, -0.2) is 16.8 Å². The van der Waals surface area contributed by atoms with Gasteiger partial charge in [0.25, 0.3) is 0 Å². The summed E-state index contributed by atoms with van der Waals surface area (Å²) in [5, 5.41) is 8.79. The number of hydrogen-bond acceptors (Lipinski definition) is 2. The summed E-state index contributed by atoms with van der Waals surface area (Å²) in [5.41, 5.74) is 1.31. The van der Waals surface area contributed by atoms with Gasteiger partial charge in [0.1, 0.15) is 0 Å². The van der Waals surface area contributed by atoms with Crippen molar-refractivity contribution in [3.8, 4) is 11.8 Å². The fourth-order valence-electron chi connectivity index (χ4n) is 1.47. The lowest BCUT2D eigenvalue weighted by atomic mass is 10.2. The summed E-state index contributed by atoms with van der Waals surface area (Å²) in [6, 6.07) is 16.6. The molecule has 0 aromatic heterocycles. The Labute approximate surface area is 116 Å². The maximum atomic E-state index is 10.7. The van der Waals surface area contributed by atoms with Crippen LogP contribution in [-0.2, 0) is 0 Å². The fourth-order valence-corrected chi connectivity index (χ4v) is 2.11. The topological polar surface area (TPSA) is 37.3 Å². The van der Waals surface area contributed by atoms with Crippen LogP contribution in [0.25, 0.3) is 0 Å². The van der Waals surface area contributed by atoms with Crippen LogP contribution in [0.3, 0.4) is 0 Å². The van der Waals surface area contributed by atoms with Crippen LogP contribution < -0.4 is 0 Å². The SMILES string of the molecule is O=C(O)c1ccc(SCC#Cc2ccccc2)cc1. The van der Waals surface area contributed by atoms with E-state index < -0.39 is 5.97 Å². The lowest BCUT2D eigenvalue weighted by Crippen LogP contribution is -1.94. The molecule has 0 spiro atoms. The third-order valence-corrected chi connectivity index (χ3v) is 3.31. The zero-order valence-corrected chi connectivity index (χ0v) is 11.0. The molecule has 0 fully saturated rings. The van der Waals surface area contributed by atoms with E-state index in [0.29, 0.717) is 11.3 Å². The van der Waals surface area contributed by atoms with Crippen LogP contribution in [0.15, 0.2) is 59.5 Å². The molecule has 2 nitrogen and oxygen atoms in total. The van der Waals surface area contributed by atoms with Crippen molar-refractivity contribution in [3.63, 3.8) is 0 Å². The van der Waals surface area contributed by atoms with Crippen LogP contribution in [0, 0.1) is 11.8 Å². The molecule has 19 heavy (non-hydrogen) atoms. The Morgan fingerprint density at radius 3 is 2.37 bits per heavy atom. The largest absolute Gasteiger partial charge is 0.478 e. The number of rotatable bonds is 3. The minimum Gasteiger partial charge on any atom is -0.478 e. The normalized spacial score (nSPS) is 9.47. The number of aromatic carboxylic acids is 1. The quantitative estimate of drug-likeness (QED) is 0.683. The predicted molar refractivity (Wildman–Crippen MR) is 77.4 cm³/mol. The van der Waals surface area contributed by atoms with E-state index in [1.807, 2.05) is 30.3 Å². The Morgan fingerprint density at radius 1 is 1.05 bits per heavy atom. The van der Waals surface area contributed by atoms with Gasteiger partial charge in [-0.1, -0.05) is 30.0 Å². The average molecular weight is 268 g/mol. The molecule has 0 atom stereocenters. The highest BCUT2D eigenvalue weighted by atomic mass is 32.2. The number of hydrogen-bond donors (Lipinski definition) is 1. The summed E-state index contributed by atoms with van der Waals surface area (Å²) >= 11 is 1.59. The van der Waals surface area contributed by atoms with E-state index in [1.54, 1.807) is 36.0 Å². The molecule has 0 aliphatic carbocycles. The monoisotopic (exact) mass is 268 g/mol. The second-order valence-corrected chi connectivity index (χ2v) is 4.83. The van der Waals surface area contributed by atoms with Gasteiger partial charge in [-0.3, -0.25) is 0 Å². The molecule has 2 aromatic carbocycles. The molecular formula is C16H12O2S. The van der Waals surface area contributed by atoms with Gasteiger partial charge in [0.15, 0.2) is 0 Å². The Hall–Kier alpha value is -2.18. The van der Waals surface area contributed by atoms with Crippen molar-refractivity contribution < 1.29 is 9.90 Å². The van der Waals surface area contributed by atoms with Gasteiger partial charge < -0.3 is 5.11 Å². The van der Waals surface area contributed by atoms with Crippen LogP contribution in [0.4, 0.5) is 0 Å². The molecule has 3 heteroatoms. The Kier molecular flexibility index (Phi) is 4.66. The minimum absolute atomic E-state index is 0.305. The molecule has 0 heterocycles. The van der Waals surface area contributed by atoms with Crippen molar-refractivity contribution in [1.29, 1.82) is 0 Å². The molecule has 2 aromatic rings. The average Bonchev–Trinajstić information content (AvgIpc) is 2.45.